The van der Waals surface area contributed by atoms with Crippen molar-refractivity contribution in [2.75, 3.05) is 32.8 Å². The molecule has 0 bridgehead atoms. The molecule has 4 rings (SSSR count). The highest BCUT2D eigenvalue weighted by Crippen LogP contribution is 2.29. The molecule has 0 spiro atoms. The first-order valence-electron chi connectivity index (χ1n) is 10.2. The molecule has 1 aromatic carbocycles. The summed E-state index contributed by atoms with van der Waals surface area (Å²) >= 11 is 0. The lowest BCUT2D eigenvalue weighted by molar-refractivity contribution is 0.0660. The maximum Gasteiger partial charge on any atom is 0.317 e. The van der Waals surface area contributed by atoms with Crippen LogP contribution in [0.1, 0.15) is 28.8 Å². The van der Waals surface area contributed by atoms with Crippen molar-refractivity contribution < 1.29 is 18.7 Å². The number of pyridine rings is 1. The second-order valence-corrected chi connectivity index (χ2v) is 7.68. The Morgan fingerprint density at radius 3 is 2.47 bits per heavy atom. The number of hydrogen-bond donors (Lipinski definition) is 1. The molecule has 1 N–H and O–H groups in total. The van der Waals surface area contributed by atoms with Gasteiger partial charge in [-0.25, -0.2) is 14.2 Å². The molecule has 0 radical (unpaired) electrons. The number of carbonyl (C=O) groups excluding carboxylic acids is 2. The van der Waals surface area contributed by atoms with Crippen molar-refractivity contribution in [3.8, 4) is 5.88 Å². The second-order valence-electron chi connectivity index (χ2n) is 7.68. The second kappa shape index (κ2) is 9.11. The van der Waals surface area contributed by atoms with Crippen molar-refractivity contribution in [3.05, 3.63) is 59.5 Å². The molecule has 2 heterocycles. The lowest BCUT2D eigenvalue weighted by Gasteiger charge is -2.34. The summed E-state index contributed by atoms with van der Waals surface area (Å²) in [7, 11) is 0. The zero-order chi connectivity index (χ0) is 20.9. The number of nitrogens with zero attached hydrogens (tertiary/aromatic N) is 3. The number of urea groups is 1. The summed E-state index contributed by atoms with van der Waals surface area (Å²) in [5.41, 5.74) is 0.947. The number of ether oxygens (including phenoxy) is 1. The van der Waals surface area contributed by atoms with Gasteiger partial charge in [0, 0.05) is 45.0 Å². The van der Waals surface area contributed by atoms with Crippen LogP contribution in [0.4, 0.5) is 9.18 Å². The SMILES string of the molecule is O=C(NCc1ccc(OCC2CC2)nc1)N1CCN(C(=O)c2ccccc2F)CC1. The van der Waals surface area contributed by atoms with Crippen LogP contribution in [0.2, 0.25) is 0 Å². The van der Waals surface area contributed by atoms with E-state index in [0.717, 1.165) is 5.56 Å². The van der Waals surface area contributed by atoms with Crippen LogP contribution in [0, 0.1) is 11.7 Å². The van der Waals surface area contributed by atoms with Crippen LogP contribution < -0.4 is 10.1 Å². The van der Waals surface area contributed by atoms with Gasteiger partial charge in [0.1, 0.15) is 5.82 Å². The van der Waals surface area contributed by atoms with E-state index in [9.17, 15) is 14.0 Å². The summed E-state index contributed by atoms with van der Waals surface area (Å²) in [4.78, 5) is 32.4. The van der Waals surface area contributed by atoms with Crippen molar-refractivity contribution in [2.45, 2.75) is 19.4 Å². The first-order valence-corrected chi connectivity index (χ1v) is 10.2. The van der Waals surface area contributed by atoms with E-state index in [-0.39, 0.29) is 17.5 Å². The van der Waals surface area contributed by atoms with Gasteiger partial charge in [0.2, 0.25) is 5.88 Å². The number of piperazine rings is 1. The predicted molar refractivity (Wildman–Crippen MR) is 109 cm³/mol. The van der Waals surface area contributed by atoms with Gasteiger partial charge in [-0.2, -0.15) is 0 Å². The average molecular weight is 412 g/mol. The lowest BCUT2D eigenvalue weighted by Crippen LogP contribution is -2.53. The van der Waals surface area contributed by atoms with Crippen LogP contribution in [0.5, 0.6) is 5.88 Å². The Bertz CT molecular complexity index is 894. The van der Waals surface area contributed by atoms with E-state index in [2.05, 4.69) is 10.3 Å². The molecule has 2 aliphatic rings. The molecule has 8 heteroatoms. The van der Waals surface area contributed by atoms with Crippen LogP contribution >= 0.6 is 0 Å². The molecule has 1 saturated heterocycles. The summed E-state index contributed by atoms with van der Waals surface area (Å²) in [6.07, 6.45) is 4.17. The summed E-state index contributed by atoms with van der Waals surface area (Å²) in [6.45, 7) is 2.62. The third-order valence-corrected chi connectivity index (χ3v) is 5.36. The Balaban J connectivity index is 1.21. The van der Waals surface area contributed by atoms with E-state index >= 15 is 0 Å². The fourth-order valence-corrected chi connectivity index (χ4v) is 3.30. The average Bonchev–Trinajstić information content (AvgIpc) is 3.61. The van der Waals surface area contributed by atoms with E-state index in [4.69, 9.17) is 4.74 Å². The molecule has 158 valence electrons. The van der Waals surface area contributed by atoms with Crippen LogP contribution in [-0.2, 0) is 6.54 Å². The Morgan fingerprint density at radius 1 is 1.07 bits per heavy atom. The van der Waals surface area contributed by atoms with Gasteiger partial charge in [-0.1, -0.05) is 18.2 Å². The number of carbonyl (C=O) groups is 2. The number of nitrogens with one attached hydrogen (secondary N) is 1. The smallest absolute Gasteiger partial charge is 0.317 e. The Hall–Kier alpha value is -3.16. The topological polar surface area (TPSA) is 74.8 Å². The molecule has 30 heavy (non-hydrogen) atoms. The molecule has 0 unspecified atom stereocenters. The monoisotopic (exact) mass is 412 g/mol. The van der Waals surface area contributed by atoms with Gasteiger partial charge in [-0.15, -0.1) is 0 Å². The van der Waals surface area contributed by atoms with E-state index in [1.807, 2.05) is 12.1 Å². The van der Waals surface area contributed by atoms with Crippen molar-refractivity contribution >= 4 is 11.9 Å². The molecule has 1 aliphatic carbocycles. The number of halogens is 1. The van der Waals surface area contributed by atoms with Crippen LogP contribution in [0.3, 0.4) is 0 Å². The molecular weight excluding hydrogens is 387 g/mol. The molecule has 1 saturated carbocycles. The van der Waals surface area contributed by atoms with E-state index in [1.165, 1.54) is 25.0 Å². The third-order valence-electron chi connectivity index (χ3n) is 5.36. The first-order chi connectivity index (χ1) is 14.6. The number of hydrogen-bond acceptors (Lipinski definition) is 4. The van der Waals surface area contributed by atoms with Crippen molar-refractivity contribution in [1.29, 1.82) is 0 Å². The minimum absolute atomic E-state index is 0.0625. The molecule has 2 fully saturated rings. The van der Waals surface area contributed by atoms with Gasteiger partial charge in [0.15, 0.2) is 0 Å². The van der Waals surface area contributed by atoms with E-state index in [1.54, 1.807) is 28.1 Å². The maximum absolute atomic E-state index is 13.8. The Labute approximate surface area is 174 Å². The number of benzene rings is 1. The highest BCUT2D eigenvalue weighted by atomic mass is 19.1. The zero-order valence-corrected chi connectivity index (χ0v) is 16.7. The molecular formula is C22H25FN4O3. The van der Waals surface area contributed by atoms with Crippen LogP contribution in [-0.4, -0.2) is 59.5 Å². The largest absolute Gasteiger partial charge is 0.477 e. The fraction of sp³-hybridized carbons (Fsp3) is 0.409. The molecule has 0 atom stereocenters. The van der Waals surface area contributed by atoms with Gasteiger partial charge in [0.05, 0.1) is 12.2 Å². The van der Waals surface area contributed by atoms with Gasteiger partial charge in [-0.3, -0.25) is 4.79 Å². The lowest BCUT2D eigenvalue weighted by atomic mass is 10.1. The van der Waals surface area contributed by atoms with Gasteiger partial charge in [-0.05, 0) is 36.5 Å². The summed E-state index contributed by atoms with van der Waals surface area (Å²) in [5, 5.41) is 2.88. The summed E-state index contributed by atoms with van der Waals surface area (Å²) in [6, 6.07) is 9.46. The van der Waals surface area contributed by atoms with Gasteiger partial charge in [0.25, 0.3) is 5.91 Å². The molecule has 1 aliphatic heterocycles. The fourth-order valence-electron chi connectivity index (χ4n) is 3.30. The summed E-state index contributed by atoms with van der Waals surface area (Å²) in [5.74, 6) is 0.407. The maximum atomic E-state index is 13.8. The van der Waals surface area contributed by atoms with Crippen LogP contribution in [0.25, 0.3) is 0 Å². The Morgan fingerprint density at radius 2 is 1.80 bits per heavy atom. The standard InChI is InChI=1S/C22H25FN4O3/c23-19-4-2-1-3-18(19)21(28)26-9-11-27(12-10-26)22(29)25-14-17-7-8-20(24-13-17)30-15-16-5-6-16/h1-4,7-8,13,16H,5-6,9-12,14-15H2,(H,25,29). The minimum atomic E-state index is -0.528. The number of amides is 3. The van der Waals surface area contributed by atoms with Gasteiger partial charge >= 0.3 is 6.03 Å². The molecule has 1 aromatic heterocycles. The Kier molecular flexibility index (Phi) is 6.11. The van der Waals surface area contributed by atoms with Gasteiger partial charge < -0.3 is 19.9 Å². The zero-order valence-electron chi connectivity index (χ0n) is 16.7. The molecule has 7 nitrogen and oxygen atoms in total. The first kappa shape index (κ1) is 20.1. The van der Waals surface area contributed by atoms with E-state index < -0.39 is 5.82 Å². The highest BCUT2D eigenvalue weighted by Gasteiger charge is 2.26. The molecule has 3 amide bonds. The number of rotatable bonds is 6. The van der Waals surface area contributed by atoms with Crippen molar-refractivity contribution in [1.82, 2.24) is 20.1 Å². The van der Waals surface area contributed by atoms with Crippen molar-refractivity contribution in [2.24, 2.45) is 5.92 Å². The summed E-state index contributed by atoms with van der Waals surface area (Å²) < 4.78 is 19.4. The highest BCUT2D eigenvalue weighted by molar-refractivity contribution is 5.94. The third kappa shape index (κ3) is 5.06. The number of aromatic nitrogens is 1. The predicted octanol–water partition coefficient (Wildman–Crippen LogP) is 2.68. The van der Waals surface area contributed by atoms with Crippen LogP contribution in [0.15, 0.2) is 42.6 Å². The van der Waals surface area contributed by atoms with Crippen molar-refractivity contribution in [3.63, 3.8) is 0 Å². The van der Waals surface area contributed by atoms with E-state index in [0.29, 0.717) is 51.1 Å². The quantitative estimate of drug-likeness (QED) is 0.792. The minimum Gasteiger partial charge on any atom is -0.477 e. The molecule has 2 aromatic rings. The normalized spacial score (nSPS) is 16.3.